The number of aryl methyl sites for hydroxylation is 1. The normalized spacial score (nSPS) is 16.2. The largest absolute Gasteiger partial charge is 0.495 e. The monoisotopic (exact) mass is 470 g/mol. The molecule has 2 aromatic carbocycles. The Kier molecular flexibility index (Phi) is 6.26. The molecule has 1 aromatic heterocycles. The summed E-state index contributed by atoms with van der Waals surface area (Å²) in [5, 5.41) is 2.02. The molecule has 1 unspecified atom stereocenters. The highest BCUT2D eigenvalue weighted by molar-refractivity contribution is 7.92. The summed E-state index contributed by atoms with van der Waals surface area (Å²) >= 11 is 1.64. The molecule has 8 heteroatoms. The van der Waals surface area contributed by atoms with Gasteiger partial charge in [0, 0.05) is 24.0 Å². The Morgan fingerprint density at radius 3 is 2.66 bits per heavy atom. The van der Waals surface area contributed by atoms with Gasteiger partial charge in [-0.3, -0.25) is 9.10 Å². The maximum atomic E-state index is 13.5. The first kappa shape index (κ1) is 22.4. The van der Waals surface area contributed by atoms with Crippen LogP contribution in [0.3, 0.4) is 0 Å². The van der Waals surface area contributed by atoms with Crippen molar-refractivity contribution in [2.24, 2.45) is 0 Å². The van der Waals surface area contributed by atoms with Gasteiger partial charge in [0.1, 0.15) is 5.75 Å². The molecule has 4 rings (SSSR count). The van der Waals surface area contributed by atoms with Crippen LogP contribution in [-0.4, -0.2) is 39.9 Å². The molecule has 3 aromatic rings. The van der Waals surface area contributed by atoms with Crippen molar-refractivity contribution in [1.29, 1.82) is 0 Å². The van der Waals surface area contributed by atoms with Gasteiger partial charge in [-0.2, -0.15) is 0 Å². The fraction of sp³-hybridized carbons (Fsp3) is 0.292. The molecular weight excluding hydrogens is 444 g/mol. The maximum absolute atomic E-state index is 13.5. The Morgan fingerprint density at radius 2 is 1.94 bits per heavy atom. The molecule has 6 nitrogen and oxygen atoms in total. The van der Waals surface area contributed by atoms with Gasteiger partial charge in [0.05, 0.1) is 23.7 Å². The van der Waals surface area contributed by atoms with E-state index in [1.807, 2.05) is 23.3 Å². The zero-order chi connectivity index (χ0) is 22.9. The van der Waals surface area contributed by atoms with Crippen molar-refractivity contribution in [2.75, 3.05) is 25.0 Å². The number of methoxy groups -OCH3 is 1. The molecule has 32 heavy (non-hydrogen) atoms. The number of likely N-dealkylation sites (tertiary alicyclic amines) is 1. The summed E-state index contributed by atoms with van der Waals surface area (Å²) in [6.07, 6.45) is 1.85. The predicted octanol–water partition coefficient (Wildman–Crippen LogP) is 4.87. The molecule has 1 aliphatic rings. The number of sulfonamides is 1. The number of thiophene rings is 1. The highest BCUT2D eigenvalue weighted by atomic mass is 32.2. The number of hydrogen-bond acceptors (Lipinski definition) is 5. The minimum atomic E-state index is -3.89. The van der Waals surface area contributed by atoms with Gasteiger partial charge in [-0.05, 0) is 61.0 Å². The Balaban J connectivity index is 1.68. The quantitative estimate of drug-likeness (QED) is 0.516. The molecule has 0 N–H and O–H groups in total. The lowest BCUT2D eigenvalue weighted by Crippen LogP contribution is -2.31. The SMILES string of the molecule is COc1ccccc1N(C)S(=O)(=O)c1ccc(C)c(C(=O)N2CCCC2c2cccs2)c1. The van der Waals surface area contributed by atoms with Crippen molar-refractivity contribution in [3.63, 3.8) is 0 Å². The fourth-order valence-electron chi connectivity index (χ4n) is 4.11. The zero-order valence-electron chi connectivity index (χ0n) is 18.3. The summed E-state index contributed by atoms with van der Waals surface area (Å²) in [5.74, 6) is 0.327. The van der Waals surface area contributed by atoms with E-state index in [1.54, 1.807) is 47.7 Å². The number of anilines is 1. The Hall–Kier alpha value is -2.84. The summed E-state index contributed by atoms with van der Waals surface area (Å²) in [6, 6.07) is 15.8. The van der Waals surface area contributed by atoms with Crippen LogP contribution in [0.2, 0.25) is 0 Å². The van der Waals surface area contributed by atoms with E-state index in [2.05, 4.69) is 6.07 Å². The fourth-order valence-corrected chi connectivity index (χ4v) is 6.22. The summed E-state index contributed by atoms with van der Waals surface area (Å²) in [4.78, 5) is 16.6. The summed E-state index contributed by atoms with van der Waals surface area (Å²) in [6.45, 7) is 2.50. The van der Waals surface area contributed by atoms with Crippen LogP contribution < -0.4 is 9.04 Å². The van der Waals surface area contributed by atoms with Crippen LogP contribution >= 0.6 is 11.3 Å². The molecular formula is C24H26N2O4S2. The molecule has 1 aliphatic heterocycles. The molecule has 2 heterocycles. The van der Waals surface area contributed by atoms with Gasteiger partial charge in [-0.25, -0.2) is 8.42 Å². The number of ether oxygens (including phenoxy) is 1. The molecule has 0 spiro atoms. The van der Waals surface area contributed by atoms with Gasteiger partial charge in [-0.15, -0.1) is 11.3 Å². The van der Waals surface area contributed by atoms with E-state index in [1.165, 1.54) is 24.5 Å². The smallest absolute Gasteiger partial charge is 0.264 e. The third-order valence-electron chi connectivity index (χ3n) is 5.91. The van der Waals surface area contributed by atoms with E-state index in [9.17, 15) is 13.2 Å². The minimum Gasteiger partial charge on any atom is -0.495 e. The second kappa shape index (κ2) is 8.96. The van der Waals surface area contributed by atoms with Crippen LogP contribution in [0.4, 0.5) is 5.69 Å². The van der Waals surface area contributed by atoms with Crippen LogP contribution in [0.15, 0.2) is 64.9 Å². The van der Waals surface area contributed by atoms with Gasteiger partial charge in [0.15, 0.2) is 0 Å². The average molecular weight is 471 g/mol. The van der Waals surface area contributed by atoms with Crippen molar-refractivity contribution in [1.82, 2.24) is 4.90 Å². The van der Waals surface area contributed by atoms with Crippen molar-refractivity contribution >= 4 is 33.0 Å². The van der Waals surface area contributed by atoms with Gasteiger partial charge in [0.2, 0.25) is 0 Å². The van der Waals surface area contributed by atoms with Crippen molar-refractivity contribution in [2.45, 2.75) is 30.7 Å². The number of para-hydroxylation sites is 2. The number of carbonyl (C=O) groups is 1. The average Bonchev–Trinajstić information content (AvgIpc) is 3.50. The van der Waals surface area contributed by atoms with Gasteiger partial charge in [0.25, 0.3) is 15.9 Å². The minimum absolute atomic E-state index is 0.0402. The molecule has 1 fully saturated rings. The van der Waals surface area contributed by atoms with E-state index in [0.717, 1.165) is 23.3 Å². The van der Waals surface area contributed by atoms with E-state index in [0.29, 0.717) is 23.5 Å². The molecule has 1 amide bonds. The number of nitrogens with zero attached hydrogens (tertiary/aromatic N) is 2. The first-order valence-electron chi connectivity index (χ1n) is 10.4. The first-order chi connectivity index (χ1) is 15.3. The third kappa shape index (κ3) is 4.00. The van der Waals surface area contributed by atoms with E-state index < -0.39 is 10.0 Å². The lowest BCUT2D eigenvalue weighted by Gasteiger charge is -2.25. The Labute approximate surface area is 193 Å². The van der Waals surface area contributed by atoms with Crippen molar-refractivity contribution in [3.05, 3.63) is 76.0 Å². The van der Waals surface area contributed by atoms with Crippen LogP contribution in [-0.2, 0) is 10.0 Å². The standard InChI is InChI=1S/C24H26N2O4S2/c1-17-12-13-18(32(28,29)25(2)20-8-4-5-10-22(20)30-3)16-19(17)24(27)26-14-6-9-21(26)23-11-7-15-31-23/h4-5,7-8,10-13,15-16,21H,6,9,14H2,1-3H3. The van der Waals surface area contributed by atoms with Crippen molar-refractivity contribution in [3.8, 4) is 5.75 Å². The second-order valence-corrected chi connectivity index (χ2v) is 10.7. The molecule has 168 valence electrons. The number of carbonyl (C=O) groups excluding carboxylic acids is 1. The molecule has 0 aliphatic carbocycles. The summed E-state index contributed by atoms with van der Waals surface area (Å²) in [5.41, 5.74) is 1.61. The van der Waals surface area contributed by atoms with E-state index in [-0.39, 0.29) is 16.8 Å². The van der Waals surface area contributed by atoms with Gasteiger partial charge < -0.3 is 9.64 Å². The van der Waals surface area contributed by atoms with E-state index in [4.69, 9.17) is 4.74 Å². The Morgan fingerprint density at radius 1 is 1.16 bits per heavy atom. The van der Waals surface area contributed by atoms with Crippen LogP contribution in [0.1, 0.15) is 39.7 Å². The predicted molar refractivity (Wildman–Crippen MR) is 127 cm³/mol. The van der Waals surface area contributed by atoms with Gasteiger partial charge >= 0.3 is 0 Å². The van der Waals surface area contributed by atoms with Crippen molar-refractivity contribution < 1.29 is 17.9 Å². The number of hydrogen-bond donors (Lipinski definition) is 0. The topological polar surface area (TPSA) is 66.9 Å². The molecule has 1 atom stereocenters. The highest BCUT2D eigenvalue weighted by Crippen LogP contribution is 2.36. The number of benzene rings is 2. The highest BCUT2D eigenvalue weighted by Gasteiger charge is 2.33. The van der Waals surface area contributed by atoms with Gasteiger partial charge in [-0.1, -0.05) is 24.3 Å². The summed E-state index contributed by atoms with van der Waals surface area (Å²) < 4.78 is 33.3. The zero-order valence-corrected chi connectivity index (χ0v) is 19.9. The first-order valence-corrected chi connectivity index (χ1v) is 12.7. The maximum Gasteiger partial charge on any atom is 0.264 e. The number of amides is 1. The molecule has 1 saturated heterocycles. The second-order valence-electron chi connectivity index (χ2n) is 7.79. The Bertz CT molecular complexity index is 1220. The number of rotatable bonds is 6. The van der Waals surface area contributed by atoms with Crippen LogP contribution in [0, 0.1) is 6.92 Å². The van der Waals surface area contributed by atoms with E-state index >= 15 is 0 Å². The van der Waals surface area contributed by atoms with Crippen LogP contribution in [0.5, 0.6) is 5.75 Å². The summed E-state index contributed by atoms with van der Waals surface area (Å²) in [7, 11) is -0.903. The lowest BCUT2D eigenvalue weighted by molar-refractivity contribution is 0.0737. The lowest BCUT2D eigenvalue weighted by atomic mass is 10.1. The molecule has 0 saturated carbocycles. The molecule has 0 radical (unpaired) electrons. The van der Waals surface area contributed by atoms with Crippen LogP contribution in [0.25, 0.3) is 0 Å². The third-order valence-corrected chi connectivity index (χ3v) is 8.65. The molecule has 0 bridgehead atoms.